The highest BCUT2D eigenvalue weighted by Crippen LogP contribution is 2.37. The number of amides is 2. The molecule has 1 aromatic heterocycles. The van der Waals surface area contributed by atoms with E-state index in [0.717, 1.165) is 34.4 Å². The van der Waals surface area contributed by atoms with Gasteiger partial charge in [-0.2, -0.15) is 4.98 Å². The highest BCUT2D eigenvalue weighted by atomic mass is 16.5. The third-order valence-corrected chi connectivity index (χ3v) is 5.80. The van der Waals surface area contributed by atoms with Crippen LogP contribution in [-0.4, -0.2) is 41.3 Å². The number of allylic oxidation sites excluding steroid dienone is 1. The van der Waals surface area contributed by atoms with Gasteiger partial charge in [0, 0.05) is 18.4 Å². The van der Waals surface area contributed by atoms with Gasteiger partial charge in [0.05, 0.1) is 24.8 Å². The summed E-state index contributed by atoms with van der Waals surface area (Å²) in [4.78, 5) is 19.3. The Morgan fingerprint density at radius 3 is 2.47 bits per heavy atom. The molecule has 32 heavy (non-hydrogen) atoms. The van der Waals surface area contributed by atoms with Gasteiger partial charge in [0.2, 0.25) is 5.82 Å². The third-order valence-electron chi connectivity index (χ3n) is 5.80. The molecule has 0 radical (unpaired) electrons. The van der Waals surface area contributed by atoms with Gasteiger partial charge in [-0.15, -0.1) is 0 Å². The molecule has 3 aromatic rings. The Morgan fingerprint density at radius 1 is 1.09 bits per heavy atom. The molecule has 1 aliphatic heterocycles. The van der Waals surface area contributed by atoms with E-state index in [1.807, 2.05) is 50.2 Å². The first-order valence-corrected chi connectivity index (χ1v) is 10.8. The van der Waals surface area contributed by atoms with Crippen molar-refractivity contribution < 1.29 is 14.1 Å². The van der Waals surface area contributed by atoms with E-state index < -0.39 is 6.04 Å². The molecule has 4 rings (SSSR count). The van der Waals surface area contributed by atoms with Crippen molar-refractivity contribution in [3.8, 4) is 11.4 Å². The number of urea groups is 1. The van der Waals surface area contributed by atoms with Crippen LogP contribution in [0, 0.1) is 6.92 Å². The number of ether oxygens (including phenoxy) is 1. The summed E-state index contributed by atoms with van der Waals surface area (Å²) in [7, 11) is 1.62. The number of rotatable bonds is 7. The van der Waals surface area contributed by atoms with Crippen molar-refractivity contribution in [3.63, 3.8) is 0 Å². The number of nitrogens with zero attached hydrogens (tertiary/aromatic N) is 3. The van der Waals surface area contributed by atoms with Crippen LogP contribution in [-0.2, 0) is 11.2 Å². The third kappa shape index (κ3) is 4.29. The Labute approximate surface area is 188 Å². The number of methoxy groups -OCH3 is 1. The topological polar surface area (TPSA) is 80.5 Å². The minimum absolute atomic E-state index is 0.175. The highest BCUT2D eigenvalue weighted by molar-refractivity contribution is 5.86. The number of benzene rings is 2. The van der Waals surface area contributed by atoms with Crippen molar-refractivity contribution in [1.29, 1.82) is 0 Å². The maximum atomic E-state index is 12.9. The van der Waals surface area contributed by atoms with Crippen molar-refractivity contribution in [2.45, 2.75) is 33.2 Å². The lowest BCUT2D eigenvalue weighted by Crippen LogP contribution is -2.47. The molecule has 7 nitrogen and oxygen atoms in total. The molecule has 2 amide bonds. The van der Waals surface area contributed by atoms with E-state index in [0.29, 0.717) is 24.9 Å². The number of aryl methyl sites for hydroxylation is 2. The average Bonchev–Trinajstić information content (AvgIpc) is 3.29. The Hall–Kier alpha value is -3.45. The van der Waals surface area contributed by atoms with Crippen LogP contribution in [0.1, 0.15) is 42.5 Å². The summed E-state index contributed by atoms with van der Waals surface area (Å²) in [6.07, 6.45) is 0.952. The van der Waals surface area contributed by atoms with Gasteiger partial charge in [-0.1, -0.05) is 66.2 Å². The van der Waals surface area contributed by atoms with Gasteiger partial charge in [0.1, 0.15) is 0 Å². The number of aromatic nitrogens is 2. The Bertz CT molecular complexity index is 1120. The molecular formula is C25H28N4O3. The molecule has 2 aromatic carbocycles. The monoisotopic (exact) mass is 432 g/mol. The summed E-state index contributed by atoms with van der Waals surface area (Å²) in [6.45, 7) is 6.91. The van der Waals surface area contributed by atoms with Crippen molar-refractivity contribution in [3.05, 3.63) is 76.8 Å². The summed E-state index contributed by atoms with van der Waals surface area (Å²) >= 11 is 0. The number of carbonyl (C=O) groups is 1. The zero-order valence-corrected chi connectivity index (χ0v) is 18.9. The number of carbonyl (C=O) groups excluding carboxylic acids is 1. The van der Waals surface area contributed by atoms with Crippen molar-refractivity contribution in [1.82, 2.24) is 20.4 Å². The van der Waals surface area contributed by atoms with Crippen LogP contribution in [0.15, 0.2) is 58.8 Å². The standard InChI is InChI=1S/C25H28N4O3/c1-5-18-8-12-19(13-9-18)22-21(17(3)29(14-15-31-4)25(30)26-22)24-27-23(28-32-24)20-10-6-16(2)7-11-20/h6-13,22H,5,14-15H2,1-4H3,(H,26,30). The molecule has 0 saturated heterocycles. The molecule has 166 valence electrons. The maximum Gasteiger partial charge on any atom is 0.322 e. The molecule has 0 bridgehead atoms. The molecule has 0 saturated carbocycles. The van der Waals surface area contributed by atoms with Gasteiger partial charge in [0.15, 0.2) is 0 Å². The second kappa shape index (κ2) is 9.36. The molecule has 0 fully saturated rings. The van der Waals surface area contributed by atoms with Crippen LogP contribution < -0.4 is 5.32 Å². The average molecular weight is 433 g/mol. The fourth-order valence-corrected chi connectivity index (χ4v) is 3.86. The van der Waals surface area contributed by atoms with Gasteiger partial charge >= 0.3 is 6.03 Å². The predicted molar refractivity (Wildman–Crippen MR) is 123 cm³/mol. The van der Waals surface area contributed by atoms with Crippen LogP contribution in [0.5, 0.6) is 0 Å². The SMILES string of the molecule is CCc1ccc(C2NC(=O)N(CCOC)C(C)=C2c2nc(-c3ccc(C)cc3)no2)cc1. The Kier molecular flexibility index (Phi) is 6.37. The lowest BCUT2D eigenvalue weighted by atomic mass is 9.93. The molecule has 1 atom stereocenters. The maximum absolute atomic E-state index is 12.9. The molecule has 7 heteroatoms. The lowest BCUT2D eigenvalue weighted by Gasteiger charge is -2.35. The molecule has 1 aliphatic rings. The molecule has 0 spiro atoms. The van der Waals surface area contributed by atoms with Crippen LogP contribution in [0.2, 0.25) is 0 Å². The normalized spacial score (nSPS) is 16.4. The Morgan fingerprint density at radius 2 is 1.81 bits per heavy atom. The van der Waals surface area contributed by atoms with Gasteiger partial charge in [-0.3, -0.25) is 4.90 Å². The molecule has 1 unspecified atom stereocenters. The quantitative estimate of drug-likeness (QED) is 0.583. The zero-order chi connectivity index (χ0) is 22.7. The highest BCUT2D eigenvalue weighted by Gasteiger charge is 2.35. The summed E-state index contributed by atoms with van der Waals surface area (Å²) < 4.78 is 10.9. The van der Waals surface area contributed by atoms with Gasteiger partial charge in [0.25, 0.3) is 5.89 Å². The lowest BCUT2D eigenvalue weighted by molar-refractivity contribution is 0.158. The van der Waals surface area contributed by atoms with Crippen molar-refractivity contribution >= 4 is 11.6 Å². The second-order valence-electron chi connectivity index (χ2n) is 7.91. The summed E-state index contributed by atoms with van der Waals surface area (Å²) in [5.74, 6) is 0.908. The van der Waals surface area contributed by atoms with Crippen LogP contribution in [0.4, 0.5) is 4.79 Å². The molecule has 1 N–H and O–H groups in total. The van der Waals surface area contributed by atoms with E-state index in [2.05, 4.69) is 34.5 Å². The van der Waals surface area contributed by atoms with E-state index >= 15 is 0 Å². The first-order valence-electron chi connectivity index (χ1n) is 10.8. The van der Waals surface area contributed by atoms with Crippen LogP contribution in [0.3, 0.4) is 0 Å². The van der Waals surface area contributed by atoms with Crippen LogP contribution in [0.25, 0.3) is 17.0 Å². The van der Waals surface area contributed by atoms with E-state index in [4.69, 9.17) is 9.26 Å². The largest absolute Gasteiger partial charge is 0.383 e. The van der Waals surface area contributed by atoms with E-state index in [1.54, 1.807) is 12.0 Å². The van der Waals surface area contributed by atoms with E-state index in [1.165, 1.54) is 5.56 Å². The molecular weight excluding hydrogens is 404 g/mol. The van der Waals surface area contributed by atoms with Gasteiger partial charge in [-0.05, 0) is 31.4 Å². The number of nitrogens with one attached hydrogen (secondary N) is 1. The Balaban J connectivity index is 1.77. The fraction of sp³-hybridized carbons (Fsp3) is 0.320. The first-order chi connectivity index (χ1) is 15.5. The molecule has 2 heterocycles. The second-order valence-corrected chi connectivity index (χ2v) is 7.91. The molecule has 0 aliphatic carbocycles. The summed E-state index contributed by atoms with van der Waals surface area (Å²) in [5, 5.41) is 7.32. The zero-order valence-electron chi connectivity index (χ0n) is 18.9. The van der Waals surface area contributed by atoms with Crippen molar-refractivity contribution in [2.24, 2.45) is 0 Å². The predicted octanol–water partition coefficient (Wildman–Crippen LogP) is 4.75. The first kappa shape index (κ1) is 21.8. The van der Waals surface area contributed by atoms with Gasteiger partial charge in [-0.25, -0.2) is 4.79 Å². The van der Waals surface area contributed by atoms with Crippen LogP contribution >= 0.6 is 0 Å². The number of hydrogen-bond donors (Lipinski definition) is 1. The van der Waals surface area contributed by atoms with E-state index in [-0.39, 0.29) is 6.03 Å². The fourth-order valence-electron chi connectivity index (χ4n) is 3.86. The van der Waals surface area contributed by atoms with E-state index in [9.17, 15) is 4.79 Å². The van der Waals surface area contributed by atoms with Crippen molar-refractivity contribution in [2.75, 3.05) is 20.3 Å². The smallest absolute Gasteiger partial charge is 0.322 e. The number of hydrogen-bond acceptors (Lipinski definition) is 5. The summed E-state index contributed by atoms with van der Waals surface area (Å²) in [5.41, 5.74) is 5.80. The summed E-state index contributed by atoms with van der Waals surface area (Å²) in [6, 6.07) is 15.7. The minimum Gasteiger partial charge on any atom is -0.383 e. The van der Waals surface area contributed by atoms with Gasteiger partial charge < -0.3 is 14.6 Å². The minimum atomic E-state index is -0.390.